The van der Waals surface area contributed by atoms with Crippen molar-refractivity contribution in [1.29, 1.82) is 0 Å². The lowest BCUT2D eigenvalue weighted by Gasteiger charge is -2.71. The zero-order valence-electron chi connectivity index (χ0n) is 23.2. The van der Waals surface area contributed by atoms with Crippen molar-refractivity contribution in [2.45, 2.75) is 95.4 Å². The lowest BCUT2D eigenvalue weighted by Crippen LogP contribution is -2.86. The molecule has 2 saturated carbocycles. The summed E-state index contributed by atoms with van der Waals surface area (Å²) in [5.74, 6) is -1.27. The van der Waals surface area contributed by atoms with Gasteiger partial charge in [0.15, 0.2) is 17.5 Å². The van der Waals surface area contributed by atoms with Crippen LogP contribution in [0.5, 0.6) is 0 Å². The van der Waals surface area contributed by atoms with Gasteiger partial charge >= 0.3 is 6.09 Å². The zero-order chi connectivity index (χ0) is 26.6. The number of nitrogens with one attached hydrogen (secondary N) is 1. The Kier molecular flexibility index (Phi) is 10.1. The highest BCUT2D eigenvalue weighted by atomic mass is 35.5. The second kappa shape index (κ2) is 11.1. The Balaban J connectivity index is 0.00000342. The van der Waals surface area contributed by atoms with Crippen LogP contribution in [0.3, 0.4) is 0 Å². The predicted molar refractivity (Wildman–Crippen MR) is 142 cm³/mol. The second-order valence-electron chi connectivity index (χ2n) is 12.2. The Bertz CT molecular complexity index is 872. The van der Waals surface area contributed by atoms with Gasteiger partial charge < -0.3 is 40.5 Å². The first kappa shape index (κ1) is 33.8. The normalized spacial score (nSPS) is 42.4. The molecule has 3 rings (SSSR count). The van der Waals surface area contributed by atoms with Gasteiger partial charge in [0.2, 0.25) is 0 Å². The number of rotatable bonds is 6. The number of aliphatic hydroxyl groups is 3. The van der Waals surface area contributed by atoms with Crippen molar-refractivity contribution in [3.8, 4) is 0 Å². The number of ketones is 1. The van der Waals surface area contributed by atoms with E-state index in [0.29, 0.717) is 25.8 Å². The fourth-order valence-corrected chi connectivity index (χ4v) is 7.22. The van der Waals surface area contributed by atoms with Gasteiger partial charge in [0.05, 0.1) is 17.8 Å². The number of halogens is 1. The number of hydrogen-bond acceptors (Lipinski definition) is 8. The molecule has 2 aliphatic carbocycles. The maximum atomic E-state index is 13.8. The van der Waals surface area contributed by atoms with Gasteiger partial charge in [-0.05, 0) is 59.2 Å². The van der Waals surface area contributed by atoms with Gasteiger partial charge in [0.1, 0.15) is 5.60 Å². The van der Waals surface area contributed by atoms with E-state index in [0.717, 1.165) is 6.54 Å². The Hall–Kier alpha value is -1.27. The number of carbonyl (C=O) groups excluding carboxylic acids is 2. The van der Waals surface area contributed by atoms with Crippen LogP contribution in [0.25, 0.3) is 0 Å². The number of fused-ring (bicyclic) bond motifs is 3. The Morgan fingerprint density at radius 1 is 1.24 bits per heavy atom. The summed E-state index contributed by atoms with van der Waals surface area (Å²) in [6.45, 7) is 13.6. The van der Waals surface area contributed by atoms with Gasteiger partial charge in [-0.3, -0.25) is 4.79 Å². The maximum Gasteiger partial charge on any atom is 0.407 e. The highest BCUT2D eigenvalue weighted by molar-refractivity contribution is 5.92. The molecular weight excluding hydrogens is 504 g/mol. The molecule has 6 N–H and O–H groups in total. The fraction of sp³-hybridized carbons (Fsp3) is 0.846. The van der Waals surface area contributed by atoms with Crippen molar-refractivity contribution < 1.29 is 39.9 Å². The molecule has 1 aliphatic heterocycles. The molecule has 216 valence electrons. The summed E-state index contributed by atoms with van der Waals surface area (Å²) in [5, 5.41) is 38.1. The van der Waals surface area contributed by atoms with E-state index in [1.54, 1.807) is 13.8 Å². The average molecular weight is 551 g/mol. The number of Topliss-reactive ketones (excluding diaryl/α,β-unsaturated/α-hetero) is 1. The Labute approximate surface area is 226 Å². The Morgan fingerprint density at radius 2 is 1.84 bits per heavy atom. The minimum atomic E-state index is -2.22. The third kappa shape index (κ3) is 5.06. The molecule has 0 bridgehead atoms. The summed E-state index contributed by atoms with van der Waals surface area (Å²) in [6.07, 6.45) is -1.56. The van der Waals surface area contributed by atoms with E-state index in [2.05, 4.69) is 11.9 Å². The van der Waals surface area contributed by atoms with Gasteiger partial charge in [-0.1, -0.05) is 26.8 Å². The van der Waals surface area contributed by atoms with Crippen LogP contribution in [0.15, 0.2) is 12.7 Å². The van der Waals surface area contributed by atoms with Gasteiger partial charge in [-0.25, -0.2) is 4.79 Å². The van der Waals surface area contributed by atoms with Crippen molar-refractivity contribution in [3.05, 3.63) is 12.7 Å². The van der Waals surface area contributed by atoms with E-state index >= 15 is 0 Å². The van der Waals surface area contributed by atoms with Gasteiger partial charge in [0.25, 0.3) is 0 Å². The first-order chi connectivity index (χ1) is 16.0. The van der Waals surface area contributed by atoms with E-state index in [-0.39, 0.29) is 24.3 Å². The van der Waals surface area contributed by atoms with E-state index in [1.165, 1.54) is 13.0 Å². The van der Waals surface area contributed by atoms with E-state index in [9.17, 15) is 24.9 Å². The number of alkyl carbamates (subject to hydrolysis) is 1. The number of amides is 1. The van der Waals surface area contributed by atoms with Crippen LogP contribution in [0.1, 0.15) is 60.3 Å². The molecule has 3 aliphatic rings. The number of hydrogen-bond donors (Lipinski definition) is 4. The highest BCUT2D eigenvalue weighted by Crippen LogP contribution is 2.67. The van der Waals surface area contributed by atoms with Crippen LogP contribution >= 0.6 is 12.4 Å². The molecule has 0 aromatic rings. The minimum absolute atomic E-state index is 0. The van der Waals surface area contributed by atoms with Crippen molar-refractivity contribution in [2.24, 2.45) is 16.7 Å². The smallest absolute Gasteiger partial charge is 0.407 e. The van der Waals surface area contributed by atoms with Crippen LogP contribution in [0.4, 0.5) is 4.79 Å². The van der Waals surface area contributed by atoms with Crippen molar-refractivity contribution >= 4 is 24.3 Å². The van der Waals surface area contributed by atoms with E-state index in [1.807, 2.05) is 32.8 Å². The molecule has 1 amide bonds. The summed E-state index contributed by atoms with van der Waals surface area (Å²) in [5.41, 5.74) is -7.22. The monoisotopic (exact) mass is 550 g/mol. The average Bonchev–Trinajstić information content (AvgIpc) is 2.74. The van der Waals surface area contributed by atoms with Gasteiger partial charge in [-0.15, -0.1) is 19.0 Å². The van der Waals surface area contributed by atoms with Crippen LogP contribution in [-0.2, 0) is 14.3 Å². The molecule has 10 nitrogen and oxygen atoms in total. The summed E-state index contributed by atoms with van der Waals surface area (Å²) in [6, 6.07) is 0. The molecule has 0 aromatic heterocycles. The van der Waals surface area contributed by atoms with Crippen LogP contribution in [-0.4, -0.2) is 99.9 Å². The van der Waals surface area contributed by atoms with Gasteiger partial charge in [-0.2, -0.15) is 0 Å². The quantitative estimate of drug-likeness (QED) is 0.284. The summed E-state index contributed by atoms with van der Waals surface area (Å²) in [4.78, 5) is 28.7. The van der Waals surface area contributed by atoms with Crippen molar-refractivity contribution in [3.63, 3.8) is 0 Å². The molecule has 8 atom stereocenters. The van der Waals surface area contributed by atoms with Crippen LogP contribution < -0.4 is 5.32 Å². The number of carbonyl (C=O) groups is 2. The molecule has 1 saturated heterocycles. The van der Waals surface area contributed by atoms with Crippen molar-refractivity contribution in [2.75, 3.05) is 27.2 Å². The second-order valence-corrected chi connectivity index (χ2v) is 12.2. The SMILES string of the molecule is C=C[C@@]1(C)CC(=O)[C@]2(O)[C@@]3(C)[C@@H](O)CCC(C)(C)[C@@H]3[C@H](O)[C@H](OC(=O)NCCCN(C)C)[C@@]2(C)O1.Cl.O. The molecule has 0 radical (unpaired) electrons. The summed E-state index contributed by atoms with van der Waals surface area (Å²) >= 11 is 0. The fourth-order valence-electron chi connectivity index (χ4n) is 7.22. The maximum absolute atomic E-state index is 13.8. The third-order valence-corrected chi connectivity index (χ3v) is 9.01. The first-order valence-corrected chi connectivity index (χ1v) is 12.5. The van der Waals surface area contributed by atoms with Crippen molar-refractivity contribution in [1.82, 2.24) is 10.2 Å². The predicted octanol–water partition coefficient (Wildman–Crippen LogP) is 1.23. The summed E-state index contributed by atoms with van der Waals surface area (Å²) in [7, 11) is 3.87. The van der Waals surface area contributed by atoms with E-state index in [4.69, 9.17) is 9.47 Å². The number of ether oxygens (including phenoxy) is 2. The molecule has 0 spiro atoms. The zero-order valence-corrected chi connectivity index (χ0v) is 24.0. The third-order valence-electron chi connectivity index (χ3n) is 9.01. The molecule has 1 heterocycles. The molecule has 11 heteroatoms. The molecular formula is C26H47ClN2O8. The topological polar surface area (TPSA) is 160 Å². The van der Waals surface area contributed by atoms with Crippen LogP contribution in [0.2, 0.25) is 0 Å². The van der Waals surface area contributed by atoms with Gasteiger partial charge in [0, 0.05) is 24.3 Å². The lowest BCUT2D eigenvalue weighted by atomic mass is 9.40. The summed E-state index contributed by atoms with van der Waals surface area (Å²) < 4.78 is 12.2. The molecule has 37 heavy (non-hydrogen) atoms. The number of aliphatic hydroxyl groups excluding tert-OH is 2. The Morgan fingerprint density at radius 3 is 2.38 bits per heavy atom. The molecule has 3 fully saturated rings. The molecule has 0 unspecified atom stereocenters. The highest BCUT2D eigenvalue weighted by Gasteiger charge is 2.81. The standard InChI is InChI=1S/C26H44N2O7.ClH.H2O/c1-9-23(4)15-17(30)26(33)24(5)16(29)11-12-22(2,3)19(24)18(31)20(25(26,6)35-23)34-21(32)27-13-10-14-28(7)8;;/h9,16,18-20,29,31,33H,1,10-15H2,2-8H3,(H,27,32);1H;1H2/t16-,18-,19-,20-,23-,24-,25+,26-;;/m0../s1. The largest absolute Gasteiger partial charge is 0.440 e. The number of nitrogens with zero attached hydrogens (tertiary/aromatic N) is 1. The minimum Gasteiger partial charge on any atom is -0.440 e. The van der Waals surface area contributed by atoms with E-state index < -0.39 is 63.7 Å². The first-order valence-electron chi connectivity index (χ1n) is 12.5. The lowest BCUT2D eigenvalue weighted by molar-refractivity contribution is -0.369. The van der Waals surface area contributed by atoms with Crippen LogP contribution in [0, 0.1) is 16.7 Å². The molecule has 0 aromatic carbocycles.